The monoisotopic (exact) mass is 256 g/mol. The van der Waals surface area contributed by atoms with E-state index in [1.165, 1.54) is 6.20 Å². The minimum Gasteiger partial charge on any atom is -0.457 e. The Hall–Kier alpha value is -1.70. The molecule has 7 nitrogen and oxygen atoms in total. The van der Waals surface area contributed by atoms with E-state index in [4.69, 9.17) is 4.74 Å². The molecule has 1 aliphatic heterocycles. The molecule has 0 radical (unpaired) electrons. The summed E-state index contributed by atoms with van der Waals surface area (Å²) in [4.78, 5) is 18.2. The highest BCUT2D eigenvalue weighted by Gasteiger charge is 2.35. The normalized spacial score (nSPS) is 21.8. The van der Waals surface area contributed by atoms with E-state index in [0.29, 0.717) is 11.2 Å². The number of aromatic nitrogens is 1. The summed E-state index contributed by atoms with van der Waals surface area (Å²) < 4.78 is 5.57. The second-order valence-electron chi connectivity index (χ2n) is 4.20. The fourth-order valence-corrected chi connectivity index (χ4v) is 1.87. The average Bonchev–Trinajstić information content (AvgIpc) is 2.73. The highest BCUT2D eigenvalue weighted by Crippen LogP contribution is 2.28. The summed E-state index contributed by atoms with van der Waals surface area (Å²) in [6, 6.07) is 0.381. The number of hydrogen-bond donors (Lipinski definition) is 1. The first kappa shape index (κ1) is 11.8. The highest BCUT2D eigenvalue weighted by molar-refractivity contribution is 7.18. The molecule has 1 N–H and O–H groups in total. The molecule has 0 aliphatic carbocycles. The van der Waals surface area contributed by atoms with Crippen LogP contribution in [0.25, 0.3) is 0 Å². The maximum atomic E-state index is 10.5. The number of nitro groups is 1. The number of thiazole rings is 1. The summed E-state index contributed by atoms with van der Waals surface area (Å²) in [6.45, 7) is 5.80. The van der Waals surface area contributed by atoms with Crippen LogP contribution in [0.5, 0.6) is 0 Å². The largest absolute Gasteiger partial charge is 0.457 e. The van der Waals surface area contributed by atoms with Crippen LogP contribution < -0.4 is 5.32 Å². The van der Waals surface area contributed by atoms with E-state index < -0.39 is 4.92 Å². The fourth-order valence-electron chi connectivity index (χ4n) is 1.25. The molecular formula is C9H12N4O3S. The Kier molecular flexibility index (Phi) is 2.74. The van der Waals surface area contributed by atoms with Crippen molar-refractivity contribution in [2.24, 2.45) is 4.99 Å². The summed E-state index contributed by atoms with van der Waals surface area (Å²) in [6.07, 6.45) is 1.21. The van der Waals surface area contributed by atoms with Crippen LogP contribution in [0.3, 0.4) is 0 Å². The number of nitrogens with one attached hydrogen (secondary N) is 1. The Balaban J connectivity index is 2.07. The molecule has 0 aromatic carbocycles. The summed E-state index contributed by atoms with van der Waals surface area (Å²) >= 11 is 0.947. The molecule has 0 spiro atoms. The molecule has 2 rings (SSSR count). The van der Waals surface area contributed by atoms with Crippen LogP contribution >= 0.6 is 11.3 Å². The zero-order valence-electron chi connectivity index (χ0n) is 9.63. The van der Waals surface area contributed by atoms with Gasteiger partial charge in [0.15, 0.2) is 5.13 Å². The molecule has 0 saturated carbocycles. The molecule has 0 amide bonds. The molecule has 2 heterocycles. The lowest BCUT2D eigenvalue weighted by molar-refractivity contribution is -0.380. The van der Waals surface area contributed by atoms with E-state index in [1.54, 1.807) is 0 Å². The third-order valence-electron chi connectivity index (χ3n) is 2.56. The molecule has 1 atom stereocenters. The van der Waals surface area contributed by atoms with E-state index in [9.17, 15) is 10.1 Å². The summed E-state index contributed by atoms with van der Waals surface area (Å²) in [7, 11) is 0. The lowest BCUT2D eigenvalue weighted by Gasteiger charge is -2.21. The lowest BCUT2D eigenvalue weighted by Crippen LogP contribution is -2.32. The Morgan fingerprint density at radius 1 is 1.65 bits per heavy atom. The predicted octanol–water partition coefficient (Wildman–Crippen LogP) is 2.02. The quantitative estimate of drug-likeness (QED) is 0.645. The first-order valence-corrected chi connectivity index (χ1v) is 5.84. The van der Waals surface area contributed by atoms with E-state index >= 15 is 0 Å². The van der Waals surface area contributed by atoms with Gasteiger partial charge in [-0.3, -0.25) is 15.4 Å². The number of amidine groups is 1. The second-order valence-corrected chi connectivity index (χ2v) is 5.21. The molecular weight excluding hydrogens is 244 g/mol. The Morgan fingerprint density at radius 3 is 2.82 bits per heavy atom. The topological polar surface area (TPSA) is 89.7 Å². The number of anilines is 1. The van der Waals surface area contributed by atoms with Crippen molar-refractivity contribution in [3.63, 3.8) is 0 Å². The smallest absolute Gasteiger partial charge is 0.345 e. The average molecular weight is 256 g/mol. The molecule has 1 aliphatic rings. The molecule has 92 valence electrons. The van der Waals surface area contributed by atoms with Gasteiger partial charge in [-0.05, 0) is 32.1 Å². The maximum absolute atomic E-state index is 10.5. The van der Waals surface area contributed by atoms with Gasteiger partial charge in [-0.25, -0.2) is 9.98 Å². The minimum atomic E-state index is -0.479. The van der Waals surface area contributed by atoms with Crippen molar-refractivity contribution in [2.75, 3.05) is 5.32 Å². The van der Waals surface area contributed by atoms with Crippen LogP contribution in [0.15, 0.2) is 11.2 Å². The van der Waals surface area contributed by atoms with E-state index in [1.807, 2.05) is 20.8 Å². The van der Waals surface area contributed by atoms with E-state index in [-0.39, 0.29) is 16.6 Å². The Morgan fingerprint density at radius 2 is 2.35 bits per heavy atom. The first-order chi connectivity index (χ1) is 7.88. The van der Waals surface area contributed by atoms with Gasteiger partial charge in [0.05, 0.1) is 11.0 Å². The fraction of sp³-hybridized carbons (Fsp3) is 0.556. The van der Waals surface area contributed by atoms with Gasteiger partial charge in [0.2, 0.25) is 0 Å². The van der Waals surface area contributed by atoms with Crippen molar-refractivity contribution >= 4 is 27.5 Å². The van der Waals surface area contributed by atoms with Gasteiger partial charge in [-0.2, -0.15) is 0 Å². The van der Waals surface area contributed by atoms with Gasteiger partial charge in [0, 0.05) is 0 Å². The summed E-state index contributed by atoms with van der Waals surface area (Å²) in [5.74, 6) is 0. The van der Waals surface area contributed by atoms with Gasteiger partial charge in [0.25, 0.3) is 6.02 Å². The van der Waals surface area contributed by atoms with Gasteiger partial charge in [0.1, 0.15) is 11.8 Å². The molecule has 1 aromatic heterocycles. The number of aliphatic imine (C=N–C) groups is 1. The van der Waals surface area contributed by atoms with E-state index in [2.05, 4.69) is 15.3 Å². The number of rotatable bonds is 2. The Labute approximate surface area is 102 Å². The van der Waals surface area contributed by atoms with Gasteiger partial charge < -0.3 is 4.74 Å². The standard InChI is InChI=1S/C9H12N4O3S/c1-5-9(2,3)16-7(11-5)12-8-10-4-6(17-8)13(14)15/h4-5H,1-3H3,(H,10,11,12). The van der Waals surface area contributed by atoms with Gasteiger partial charge >= 0.3 is 5.00 Å². The van der Waals surface area contributed by atoms with Crippen LogP contribution in [0.2, 0.25) is 0 Å². The van der Waals surface area contributed by atoms with Gasteiger partial charge in [-0.15, -0.1) is 0 Å². The first-order valence-electron chi connectivity index (χ1n) is 5.02. The molecule has 0 bridgehead atoms. The zero-order valence-corrected chi connectivity index (χ0v) is 10.4. The van der Waals surface area contributed by atoms with Crippen LogP contribution in [0, 0.1) is 10.1 Å². The zero-order chi connectivity index (χ0) is 12.6. The number of hydrogen-bond acceptors (Lipinski definition) is 7. The van der Waals surface area contributed by atoms with Crippen molar-refractivity contribution in [1.82, 2.24) is 4.98 Å². The third-order valence-corrected chi connectivity index (χ3v) is 3.43. The minimum absolute atomic E-state index is 0.0154. The van der Waals surface area contributed by atoms with Crippen LogP contribution in [0.4, 0.5) is 10.1 Å². The lowest BCUT2D eigenvalue weighted by atomic mass is 10.0. The van der Waals surface area contributed by atoms with Crippen molar-refractivity contribution in [1.29, 1.82) is 0 Å². The SMILES string of the molecule is CC1N=C(Nc2ncc([N+](=O)[O-])s2)OC1(C)C. The van der Waals surface area contributed by atoms with Crippen molar-refractivity contribution in [3.05, 3.63) is 16.3 Å². The summed E-state index contributed by atoms with van der Waals surface area (Å²) in [5, 5.41) is 13.7. The highest BCUT2D eigenvalue weighted by atomic mass is 32.1. The van der Waals surface area contributed by atoms with Crippen molar-refractivity contribution in [2.45, 2.75) is 32.4 Å². The Bertz CT molecular complexity index is 482. The maximum Gasteiger partial charge on any atom is 0.345 e. The van der Waals surface area contributed by atoms with E-state index in [0.717, 1.165) is 11.3 Å². The third kappa shape index (κ3) is 2.36. The molecule has 0 saturated heterocycles. The van der Waals surface area contributed by atoms with Gasteiger partial charge in [-0.1, -0.05) is 0 Å². The molecule has 1 unspecified atom stereocenters. The van der Waals surface area contributed by atoms with Crippen LogP contribution in [-0.2, 0) is 4.74 Å². The predicted molar refractivity (Wildman–Crippen MR) is 64.5 cm³/mol. The van der Waals surface area contributed by atoms with Crippen LogP contribution in [0.1, 0.15) is 20.8 Å². The molecule has 8 heteroatoms. The van der Waals surface area contributed by atoms with Crippen LogP contribution in [-0.4, -0.2) is 27.6 Å². The van der Waals surface area contributed by atoms with Crippen molar-refractivity contribution < 1.29 is 9.66 Å². The summed E-state index contributed by atoms with van der Waals surface area (Å²) in [5.41, 5.74) is -0.370. The number of ether oxygens (including phenoxy) is 1. The number of nitrogens with zero attached hydrogens (tertiary/aromatic N) is 3. The molecule has 0 fully saturated rings. The second kappa shape index (κ2) is 3.95. The van der Waals surface area contributed by atoms with Crippen molar-refractivity contribution in [3.8, 4) is 0 Å². The molecule has 1 aromatic rings. The molecule has 17 heavy (non-hydrogen) atoms.